The summed E-state index contributed by atoms with van der Waals surface area (Å²) < 4.78 is 7.24. The van der Waals surface area contributed by atoms with Crippen molar-refractivity contribution in [3.05, 3.63) is 69.6 Å². The standard InChI is InChI=1S/C22H21N3O3S/c1-4-14-9-17-15(10-20(27)28-19(17)11-18(14)26)12-29-22-24-23-21(25(22)3)16-8-6-5-7-13(16)2/h5-11,26H,4,12H2,1-3H3. The fraction of sp³-hybridized carbons (Fsp3) is 0.227. The molecule has 0 saturated carbocycles. The third-order valence-electron chi connectivity index (χ3n) is 4.99. The molecule has 148 valence electrons. The number of hydrogen-bond donors (Lipinski definition) is 1. The van der Waals surface area contributed by atoms with Crippen LogP contribution in [0.3, 0.4) is 0 Å². The normalized spacial score (nSPS) is 11.3. The number of benzene rings is 2. The second kappa shape index (κ2) is 7.75. The highest BCUT2D eigenvalue weighted by atomic mass is 32.2. The van der Waals surface area contributed by atoms with Crippen molar-refractivity contribution in [2.24, 2.45) is 7.05 Å². The molecule has 0 amide bonds. The van der Waals surface area contributed by atoms with E-state index >= 15 is 0 Å². The quantitative estimate of drug-likeness (QED) is 0.389. The summed E-state index contributed by atoms with van der Waals surface area (Å²) in [7, 11) is 1.94. The van der Waals surface area contributed by atoms with Crippen molar-refractivity contribution in [3.63, 3.8) is 0 Å². The molecular weight excluding hydrogens is 386 g/mol. The number of phenolic OH excluding ortho intramolecular Hbond substituents is 1. The van der Waals surface area contributed by atoms with Gasteiger partial charge in [0.25, 0.3) is 0 Å². The Balaban J connectivity index is 1.67. The number of aromatic nitrogens is 3. The molecule has 0 bridgehead atoms. The van der Waals surface area contributed by atoms with Gasteiger partial charge in [0.15, 0.2) is 11.0 Å². The zero-order chi connectivity index (χ0) is 20.5. The summed E-state index contributed by atoms with van der Waals surface area (Å²) in [6.45, 7) is 4.02. The lowest BCUT2D eigenvalue weighted by molar-refractivity contribution is 0.466. The molecule has 0 spiro atoms. The smallest absolute Gasteiger partial charge is 0.336 e. The molecule has 0 saturated heterocycles. The van der Waals surface area contributed by atoms with Crippen LogP contribution in [0.15, 0.2) is 56.8 Å². The number of rotatable bonds is 5. The average Bonchev–Trinajstić information content (AvgIpc) is 3.06. The first-order valence-electron chi connectivity index (χ1n) is 9.34. The third-order valence-corrected chi connectivity index (χ3v) is 6.06. The minimum atomic E-state index is -0.435. The van der Waals surface area contributed by atoms with Crippen LogP contribution in [-0.4, -0.2) is 19.9 Å². The molecule has 1 N–H and O–H groups in total. The lowest BCUT2D eigenvalue weighted by Gasteiger charge is -2.09. The first-order chi connectivity index (χ1) is 14.0. The molecule has 0 aliphatic heterocycles. The van der Waals surface area contributed by atoms with E-state index in [1.54, 1.807) is 0 Å². The number of fused-ring (bicyclic) bond motifs is 1. The van der Waals surface area contributed by atoms with Crippen molar-refractivity contribution >= 4 is 22.7 Å². The molecule has 0 unspecified atom stereocenters. The van der Waals surface area contributed by atoms with Crippen molar-refractivity contribution in [2.45, 2.75) is 31.2 Å². The molecular formula is C22H21N3O3S. The Morgan fingerprint density at radius 1 is 1.14 bits per heavy atom. The van der Waals surface area contributed by atoms with Crippen LogP contribution in [0.4, 0.5) is 0 Å². The van der Waals surface area contributed by atoms with Gasteiger partial charge in [0.05, 0.1) is 0 Å². The highest BCUT2D eigenvalue weighted by Crippen LogP contribution is 2.31. The Morgan fingerprint density at radius 2 is 1.93 bits per heavy atom. The molecule has 7 heteroatoms. The summed E-state index contributed by atoms with van der Waals surface area (Å²) >= 11 is 1.51. The van der Waals surface area contributed by atoms with E-state index in [2.05, 4.69) is 10.2 Å². The molecule has 2 heterocycles. The summed E-state index contributed by atoms with van der Waals surface area (Å²) in [6.07, 6.45) is 0.691. The molecule has 0 radical (unpaired) electrons. The van der Waals surface area contributed by atoms with Crippen LogP contribution in [0.5, 0.6) is 5.75 Å². The van der Waals surface area contributed by atoms with Crippen molar-refractivity contribution in [1.82, 2.24) is 14.8 Å². The number of aryl methyl sites for hydroxylation is 2. The van der Waals surface area contributed by atoms with Gasteiger partial charge in [-0.05, 0) is 36.1 Å². The predicted molar refractivity (Wildman–Crippen MR) is 114 cm³/mol. The van der Waals surface area contributed by atoms with Gasteiger partial charge in [-0.3, -0.25) is 0 Å². The first-order valence-corrected chi connectivity index (χ1v) is 10.3. The lowest BCUT2D eigenvalue weighted by atomic mass is 10.1. The van der Waals surface area contributed by atoms with Crippen LogP contribution in [0.25, 0.3) is 22.4 Å². The van der Waals surface area contributed by atoms with Crippen LogP contribution >= 0.6 is 11.8 Å². The molecule has 29 heavy (non-hydrogen) atoms. The summed E-state index contributed by atoms with van der Waals surface area (Å²) in [5.74, 6) is 1.49. The molecule has 4 aromatic rings. The van der Waals surface area contributed by atoms with E-state index in [0.717, 1.165) is 38.6 Å². The summed E-state index contributed by atoms with van der Waals surface area (Å²) in [5, 5.41) is 20.4. The van der Waals surface area contributed by atoms with Gasteiger partial charge in [-0.15, -0.1) is 10.2 Å². The molecule has 0 aliphatic carbocycles. The van der Waals surface area contributed by atoms with E-state index in [1.807, 2.05) is 55.8 Å². The number of phenols is 1. The SMILES string of the molecule is CCc1cc2c(CSc3nnc(-c4ccccc4C)n3C)cc(=O)oc2cc1O. The van der Waals surface area contributed by atoms with E-state index in [4.69, 9.17) is 4.42 Å². The Bertz CT molecular complexity index is 1260. The van der Waals surface area contributed by atoms with Crippen molar-refractivity contribution < 1.29 is 9.52 Å². The second-order valence-corrected chi connectivity index (χ2v) is 7.83. The fourth-order valence-electron chi connectivity index (χ4n) is 3.35. The van der Waals surface area contributed by atoms with Crippen LogP contribution in [0, 0.1) is 6.92 Å². The van der Waals surface area contributed by atoms with E-state index in [1.165, 1.54) is 23.9 Å². The zero-order valence-electron chi connectivity index (χ0n) is 16.5. The summed E-state index contributed by atoms with van der Waals surface area (Å²) in [6, 6.07) is 13.0. The highest BCUT2D eigenvalue weighted by Gasteiger charge is 2.15. The van der Waals surface area contributed by atoms with Gasteiger partial charge in [0.2, 0.25) is 0 Å². The maximum Gasteiger partial charge on any atom is 0.336 e. The number of hydrogen-bond acceptors (Lipinski definition) is 6. The van der Waals surface area contributed by atoms with Crippen LogP contribution in [-0.2, 0) is 19.2 Å². The Hall–Kier alpha value is -3.06. The molecule has 6 nitrogen and oxygen atoms in total. The summed E-state index contributed by atoms with van der Waals surface area (Å²) in [4.78, 5) is 12.0. The van der Waals surface area contributed by atoms with Crippen molar-refractivity contribution in [3.8, 4) is 17.1 Å². The van der Waals surface area contributed by atoms with Crippen molar-refractivity contribution in [1.29, 1.82) is 0 Å². The van der Waals surface area contributed by atoms with E-state index in [0.29, 0.717) is 17.8 Å². The van der Waals surface area contributed by atoms with Gasteiger partial charge >= 0.3 is 5.63 Å². The minimum Gasteiger partial charge on any atom is -0.508 e. The molecule has 0 aliphatic rings. The Morgan fingerprint density at radius 3 is 2.69 bits per heavy atom. The maximum atomic E-state index is 12.0. The lowest BCUT2D eigenvalue weighted by Crippen LogP contribution is -2.01. The van der Waals surface area contributed by atoms with Gasteiger partial charge in [-0.1, -0.05) is 43.0 Å². The average molecular weight is 407 g/mol. The second-order valence-electron chi connectivity index (χ2n) is 6.89. The van der Waals surface area contributed by atoms with Gasteiger partial charge in [-0.2, -0.15) is 0 Å². The van der Waals surface area contributed by atoms with Crippen LogP contribution in [0.1, 0.15) is 23.6 Å². The van der Waals surface area contributed by atoms with Gasteiger partial charge in [0, 0.05) is 35.9 Å². The largest absolute Gasteiger partial charge is 0.508 e. The topological polar surface area (TPSA) is 81.2 Å². The molecule has 0 atom stereocenters. The van der Waals surface area contributed by atoms with E-state index < -0.39 is 5.63 Å². The number of thioether (sulfide) groups is 1. The first kappa shape index (κ1) is 19.3. The minimum absolute atomic E-state index is 0.143. The monoisotopic (exact) mass is 407 g/mol. The van der Waals surface area contributed by atoms with Crippen LogP contribution in [0.2, 0.25) is 0 Å². The van der Waals surface area contributed by atoms with Gasteiger partial charge in [-0.25, -0.2) is 4.79 Å². The molecule has 0 fully saturated rings. The predicted octanol–water partition coefficient (Wildman–Crippen LogP) is 4.46. The van der Waals surface area contributed by atoms with Crippen LogP contribution < -0.4 is 5.63 Å². The van der Waals surface area contributed by atoms with E-state index in [-0.39, 0.29) is 5.75 Å². The zero-order valence-corrected chi connectivity index (χ0v) is 17.3. The molecule has 2 aromatic heterocycles. The number of nitrogens with zero attached hydrogens (tertiary/aromatic N) is 3. The van der Waals surface area contributed by atoms with E-state index in [9.17, 15) is 9.90 Å². The number of aromatic hydroxyl groups is 1. The fourth-order valence-corrected chi connectivity index (χ4v) is 4.25. The maximum absolute atomic E-state index is 12.0. The molecule has 2 aromatic carbocycles. The van der Waals surface area contributed by atoms with Crippen molar-refractivity contribution in [2.75, 3.05) is 0 Å². The van der Waals surface area contributed by atoms with Gasteiger partial charge in [0.1, 0.15) is 11.3 Å². The third kappa shape index (κ3) is 3.65. The molecule has 4 rings (SSSR count). The summed E-state index contributed by atoms with van der Waals surface area (Å²) in [5.41, 5.74) is 3.80. The Labute approximate surface area is 172 Å². The van der Waals surface area contributed by atoms with Gasteiger partial charge < -0.3 is 14.1 Å². The highest BCUT2D eigenvalue weighted by molar-refractivity contribution is 7.98. The Kier molecular flexibility index (Phi) is 5.15.